The number of halogens is 1. The van der Waals surface area contributed by atoms with Crippen LogP contribution in [0.2, 0.25) is 5.15 Å². The molecule has 0 bridgehead atoms. The number of methoxy groups -OCH3 is 1. The minimum Gasteiger partial charge on any atom is -0.497 e. The Morgan fingerprint density at radius 3 is 2.56 bits per heavy atom. The number of ether oxygens (including phenoxy) is 1. The van der Waals surface area contributed by atoms with Gasteiger partial charge in [0.25, 0.3) is 0 Å². The van der Waals surface area contributed by atoms with Gasteiger partial charge in [0.1, 0.15) is 5.75 Å². The number of rotatable bonds is 6. The molecule has 0 amide bonds. The number of hydrogen-bond donors (Lipinski definition) is 1. The van der Waals surface area contributed by atoms with E-state index in [2.05, 4.69) is 15.3 Å². The second-order valence-corrected chi connectivity index (χ2v) is 5.66. The third-order valence-corrected chi connectivity index (χ3v) is 3.78. The van der Waals surface area contributed by atoms with E-state index in [4.69, 9.17) is 21.4 Å². The molecule has 25 heavy (non-hydrogen) atoms. The maximum Gasteiger partial charge on any atom is 0.303 e. The lowest BCUT2D eigenvalue weighted by atomic mass is 10.1. The van der Waals surface area contributed by atoms with E-state index in [0.717, 1.165) is 17.0 Å². The summed E-state index contributed by atoms with van der Waals surface area (Å²) < 4.78 is 6.81. The number of aryl methyl sites for hydroxylation is 1. The third-order valence-electron chi connectivity index (χ3n) is 3.58. The zero-order valence-electron chi connectivity index (χ0n) is 13.4. The molecule has 0 fully saturated rings. The molecule has 8 heteroatoms. The topological polar surface area (TPSA) is 90.1 Å². The van der Waals surface area contributed by atoms with Gasteiger partial charge >= 0.3 is 5.97 Å². The van der Waals surface area contributed by atoms with E-state index in [-0.39, 0.29) is 11.6 Å². The number of aromatic nitrogens is 4. The molecular formula is C17H15ClN4O3. The molecule has 0 atom stereocenters. The van der Waals surface area contributed by atoms with E-state index in [9.17, 15) is 4.79 Å². The first-order valence-electron chi connectivity index (χ1n) is 7.51. The van der Waals surface area contributed by atoms with Crippen molar-refractivity contribution in [2.75, 3.05) is 7.11 Å². The summed E-state index contributed by atoms with van der Waals surface area (Å²) in [5.74, 6) is 0.371. The summed E-state index contributed by atoms with van der Waals surface area (Å²) >= 11 is 5.80. The quantitative estimate of drug-likeness (QED) is 0.728. The van der Waals surface area contributed by atoms with E-state index < -0.39 is 5.97 Å². The number of carbonyl (C=O) groups is 1. The van der Waals surface area contributed by atoms with Crippen LogP contribution in [0.4, 0.5) is 0 Å². The minimum atomic E-state index is -0.869. The van der Waals surface area contributed by atoms with E-state index in [0.29, 0.717) is 17.9 Å². The molecule has 7 nitrogen and oxygen atoms in total. The number of aliphatic carboxylic acids is 1. The molecule has 0 spiro atoms. The Hall–Kier alpha value is -2.93. The lowest BCUT2D eigenvalue weighted by Crippen LogP contribution is -2.04. The Balaban J connectivity index is 2.03. The average molecular weight is 359 g/mol. The van der Waals surface area contributed by atoms with Crippen LogP contribution in [0, 0.1) is 0 Å². The highest BCUT2D eigenvalue weighted by Crippen LogP contribution is 2.26. The van der Waals surface area contributed by atoms with E-state index in [1.165, 1.54) is 0 Å². The van der Waals surface area contributed by atoms with Crippen molar-refractivity contribution in [1.82, 2.24) is 20.0 Å². The first-order chi connectivity index (χ1) is 12.1. The zero-order valence-corrected chi connectivity index (χ0v) is 14.1. The Labute approximate surface area is 148 Å². The van der Waals surface area contributed by atoms with Crippen LogP contribution >= 0.6 is 11.6 Å². The molecule has 2 heterocycles. The van der Waals surface area contributed by atoms with Crippen molar-refractivity contribution in [3.8, 4) is 22.8 Å². The van der Waals surface area contributed by atoms with Crippen molar-refractivity contribution in [2.24, 2.45) is 0 Å². The van der Waals surface area contributed by atoms with Crippen molar-refractivity contribution in [1.29, 1.82) is 0 Å². The lowest BCUT2D eigenvalue weighted by molar-refractivity contribution is -0.136. The number of hydrogen-bond acceptors (Lipinski definition) is 5. The van der Waals surface area contributed by atoms with Crippen molar-refractivity contribution in [3.05, 3.63) is 53.3 Å². The van der Waals surface area contributed by atoms with Gasteiger partial charge in [-0.2, -0.15) is 5.10 Å². The number of nitrogens with zero attached hydrogens (tertiary/aromatic N) is 4. The number of carboxylic acids is 1. The summed E-state index contributed by atoms with van der Waals surface area (Å²) in [5.41, 5.74) is 2.33. The van der Waals surface area contributed by atoms with Crippen molar-refractivity contribution < 1.29 is 14.6 Å². The van der Waals surface area contributed by atoms with Crippen LogP contribution in [-0.2, 0) is 11.2 Å². The molecule has 0 saturated heterocycles. The summed E-state index contributed by atoms with van der Waals surface area (Å²) in [6, 6.07) is 12.7. The van der Waals surface area contributed by atoms with Crippen molar-refractivity contribution in [2.45, 2.75) is 12.8 Å². The van der Waals surface area contributed by atoms with Gasteiger partial charge in [0, 0.05) is 12.0 Å². The van der Waals surface area contributed by atoms with Gasteiger partial charge in [0.15, 0.2) is 11.0 Å². The normalized spacial score (nSPS) is 10.6. The average Bonchev–Trinajstić information content (AvgIpc) is 3.05. The Kier molecular flexibility index (Phi) is 4.95. The maximum absolute atomic E-state index is 10.8. The molecule has 3 rings (SSSR count). The van der Waals surface area contributed by atoms with Crippen LogP contribution in [0.3, 0.4) is 0 Å². The van der Waals surface area contributed by atoms with Gasteiger partial charge in [0.2, 0.25) is 0 Å². The molecule has 0 aliphatic carbocycles. The number of benzene rings is 1. The van der Waals surface area contributed by atoms with E-state index >= 15 is 0 Å². The molecular weight excluding hydrogens is 344 g/mol. The van der Waals surface area contributed by atoms with Gasteiger partial charge in [-0.1, -0.05) is 11.6 Å². The monoisotopic (exact) mass is 358 g/mol. The smallest absolute Gasteiger partial charge is 0.303 e. The molecule has 3 aromatic rings. The van der Waals surface area contributed by atoms with Crippen molar-refractivity contribution >= 4 is 17.6 Å². The molecule has 0 aliphatic heterocycles. The molecule has 0 aliphatic rings. The third kappa shape index (κ3) is 3.95. The Morgan fingerprint density at radius 1 is 1.20 bits per heavy atom. The predicted octanol–water partition coefficient (Wildman–Crippen LogP) is 3.01. The fourth-order valence-corrected chi connectivity index (χ4v) is 2.45. The minimum absolute atomic E-state index is 0.00532. The summed E-state index contributed by atoms with van der Waals surface area (Å²) in [4.78, 5) is 10.8. The first kappa shape index (κ1) is 16.9. The Bertz CT molecular complexity index is 876. The molecule has 128 valence electrons. The van der Waals surface area contributed by atoms with Gasteiger partial charge < -0.3 is 9.84 Å². The second-order valence-electron chi connectivity index (χ2n) is 5.27. The summed E-state index contributed by atoms with van der Waals surface area (Å²) in [6.07, 6.45) is 0.331. The van der Waals surface area contributed by atoms with Crippen LogP contribution in [0.1, 0.15) is 12.1 Å². The SMILES string of the molecule is COc1ccc(-c2cc(CCC(=O)O)nn2-c2ccc(Cl)nn2)cc1. The maximum atomic E-state index is 10.8. The molecule has 2 aromatic heterocycles. The van der Waals surface area contributed by atoms with E-state index in [1.54, 1.807) is 23.9 Å². The van der Waals surface area contributed by atoms with Crippen LogP contribution in [0.5, 0.6) is 5.75 Å². The lowest BCUT2D eigenvalue weighted by Gasteiger charge is -2.07. The fraction of sp³-hybridized carbons (Fsp3) is 0.176. The van der Waals surface area contributed by atoms with Gasteiger partial charge in [0.05, 0.1) is 24.9 Å². The first-order valence-corrected chi connectivity index (χ1v) is 7.89. The standard InChI is InChI=1S/C17H15ClN4O3/c1-25-13-5-2-11(3-6-13)14-10-12(4-9-17(23)24)21-22(14)16-8-7-15(18)19-20-16/h2-3,5-8,10H,4,9H2,1H3,(H,23,24). The van der Waals surface area contributed by atoms with Gasteiger partial charge in [-0.3, -0.25) is 4.79 Å². The summed E-state index contributed by atoms with van der Waals surface area (Å²) in [5, 5.41) is 21.5. The highest BCUT2D eigenvalue weighted by atomic mass is 35.5. The van der Waals surface area contributed by atoms with Crippen LogP contribution < -0.4 is 4.74 Å². The van der Waals surface area contributed by atoms with Crippen LogP contribution in [-0.4, -0.2) is 38.2 Å². The zero-order chi connectivity index (χ0) is 17.8. The highest BCUT2D eigenvalue weighted by Gasteiger charge is 2.14. The largest absolute Gasteiger partial charge is 0.497 e. The second kappa shape index (κ2) is 7.31. The number of carboxylic acid groups (broad SMARTS) is 1. The highest BCUT2D eigenvalue weighted by molar-refractivity contribution is 6.29. The Morgan fingerprint density at radius 2 is 1.96 bits per heavy atom. The summed E-state index contributed by atoms with van der Waals surface area (Å²) in [6.45, 7) is 0. The molecule has 0 saturated carbocycles. The summed E-state index contributed by atoms with van der Waals surface area (Å²) in [7, 11) is 1.60. The molecule has 1 N–H and O–H groups in total. The molecule has 1 aromatic carbocycles. The van der Waals surface area contributed by atoms with Crippen LogP contribution in [0.25, 0.3) is 17.1 Å². The molecule has 0 unspecified atom stereocenters. The van der Waals surface area contributed by atoms with Gasteiger partial charge in [-0.05, 0) is 42.5 Å². The molecule has 0 radical (unpaired) electrons. The van der Waals surface area contributed by atoms with Gasteiger partial charge in [-0.25, -0.2) is 4.68 Å². The predicted molar refractivity (Wildman–Crippen MR) is 92.1 cm³/mol. The van der Waals surface area contributed by atoms with E-state index in [1.807, 2.05) is 30.3 Å². The van der Waals surface area contributed by atoms with Crippen LogP contribution in [0.15, 0.2) is 42.5 Å². The van der Waals surface area contributed by atoms with Gasteiger partial charge in [-0.15, -0.1) is 10.2 Å². The van der Waals surface area contributed by atoms with Crippen molar-refractivity contribution in [3.63, 3.8) is 0 Å². The fourth-order valence-electron chi connectivity index (χ4n) is 2.35.